The summed E-state index contributed by atoms with van der Waals surface area (Å²) < 4.78 is 0. The predicted octanol–water partition coefficient (Wildman–Crippen LogP) is 1.50. The quantitative estimate of drug-likeness (QED) is 0.694. The fourth-order valence-corrected chi connectivity index (χ4v) is 3.50. The average molecular weight is 182 g/mol. The fourth-order valence-electron chi connectivity index (χ4n) is 3.50. The molecule has 3 N–H and O–H groups in total. The third-order valence-electron chi connectivity index (χ3n) is 3.92. The van der Waals surface area contributed by atoms with E-state index in [9.17, 15) is 0 Å². The molecule has 2 fully saturated rings. The minimum Gasteiger partial charge on any atom is -0.329 e. The van der Waals surface area contributed by atoms with E-state index in [0.29, 0.717) is 11.6 Å². The average Bonchev–Trinajstić information content (AvgIpc) is 2.62. The second-order valence-corrected chi connectivity index (χ2v) is 5.24. The van der Waals surface area contributed by atoms with Gasteiger partial charge in [0.25, 0.3) is 0 Å². The Bertz CT molecular complexity index is 191. The summed E-state index contributed by atoms with van der Waals surface area (Å²) in [6, 6.07) is 0.572. The van der Waals surface area contributed by atoms with Crippen LogP contribution >= 0.6 is 0 Å². The number of hydrogen-bond donors (Lipinski definition) is 2. The third-order valence-corrected chi connectivity index (χ3v) is 3.92. The van der Waals surface area contributed by atoms with Crippen LogP contribution < -0.4 is 11.1 Å². The summed E-state index contributed by atoms with van der Waals surface area (Å²) in [6.45, 7) is 5.28. The smallest absolute Gasteiger partial charge is 0.0337 e. The van der Waals surface area contributed by atoms with Crippen molar-refractivity contribution in [2.45, 2.75) is 51.1 Å². The van der Waals surface area contributed by atoms with Crippen LogP contribution in [0.15, 0.2) is 0 Å². The zero-order valence-corrected chi connectivity index (χ0v) is 8.84. The van der Waals surface area contributed by atoms with Crippen LogP contribution in [0.25, 0.3) is 0 Å². The maximum absolute atomic E-state index is 5.94. The summed E-state index contributed by atoms with van der Waals surface area (Å²) in [7, 11) is 0. The molecule has 0 amide bonds. The first kappa shape index (κ1) is 9.47. The molecule has 0 saturated heterocycles. The SMILES string of the molecule is CC(C)NC1(CN)CC2CCC1C2. The van der Waals surface area contributed by atoms with Crippen LogP contribution in [0, 0.1) is 11.8 Å². The molecule has 2 nitrogen and oxygen atoms in total. The minimum absolute atomic E-state index is 0.303. The van der Waals surface area contributed by atoms with E-state index >= 15 is 0 Å². The zero-order chi connectivity index (χ0) is 9.47. The molecule has 13 heavy (non-hydrogen) atoms. The predicted molar refractivity (Wildman–Crippen MR) is 55.5 cm³/mol. The molecule has 2 aliphatic rings. The van der Waals surface area contributed by atoms with E-state index in [-0.39, 0.29) is 0 Å². The van der Waals surface area contributed by atoms with E-state index in [0.717, 1.165) is 18.4 Å². The normalized spacial score (nSPS) is 43.4. The fraction of sp³-hybridized carbons (Fsp3) is 1.00. The Morgan fingerprint density at radius 2 is 2.23 bits per heavy atom. The lowest BCUT2D eigenvalue weighted by Crippen LogP contribution is -2.57. The van der Waals surface area contributed by atoms with Gasteiger partial charge in [-0.1, -0.05) is 20.3 Å². The summed E-state index contributed by atoms with van der Waals surface area (Å²) in [6.07, 6.45) is 5.61. The molecule has 2 aliphatic carbocycles. The Morgan fingerprint density at radius 1 is 1.46 bits per heavy atom. The van der Waals surface area contributed by atoms with Crippen molar-refractivity contribution < 1.29 is 0 Å². The summed E-state index contributed by atoms with van der Waals surface area (Å²) in [5.41, 5.74) is 6.24. The summed E-state index contributed by atoms with van der Waals surface area (Å²) in [5.74, 6) is 1.84. The number of hydrogen-bond acceptors (Lipinski definition) is 2. The molecular weight excluding hydrogens is 160 g/mol. The van der Waals surface area contributed by atoms with Crippen LogP contribution in [-0.4, -0.2) is 18.1 Å². The highest BCUT2D eigenvalue weighted by Gasteiger charge is 2.49. The Hall–Kier alpha value is -0.0800. The topological polar surface area (TPSA) is 38.0 Å². The number of nitrogens with one attached hydrogen (secondary N) is 1. The molecule has 2 rings (SSSR count). The van der Waals surface area contributed by atoms with E-state index < -0.39 is 0 Å². The van der Waals surface area contributed by atoms with Gasteiger partial charge in [0.1, 0.15) is 0 Å². The Kier molecular flexibility index (Phi) is 2.37. The lowest BCUT2D eigenvalue weighted by molar-refractivity contribution is 0.201. The van der Waals surface area contributed by atoms with Crippen LogP contribution in [-0.2, 0) is 0 Å². The molecule has 0 aromatic rings. The molecule has 0 heterocycles. The van der Waals surface area contributed by atoms with Crippen molar-refractivity contribution in [1.29, 1.82) is 0 Å². The van der Waals surface area contributed by atoms with Crippen molar-refractivity contribution in [2.24, 2.45) is 17.6 Å². The number of rotatable bonds is 3. The van der Waals surface area contributed by atoms with E-state index in [1.807, 2.05) is 0 Å². The van der Waals surface area contributed by atoms with Gasteiger partial charge in [0.2, 0.25) is 0 Å². The van der Waals surface area contributed by atoms with E-state index in [2.05, 4.69) is 19.2 Å². The summed E-state index contributed by atoms with van der Waals surface area (Å²) in [5, 5.41) is 3.71. The molecular formula is C11H22N2. The molecule has 2 bridgehead atoms. The minimum atomic E-state index is 0.303. The molecule has 0 aromatic heterocycles. The van der Waals surface area contributed by atoms with Crippen LogP contribution in [0.4, 0.5) is 0 Å². The van der Waals surface area contributed by atoms with Gasteiger partial charge in [0.05, 0.1) is 0 Å². The number of fused-ring (bicyclic) bond motifs is 2. The largest absolute Gasteiger partial charge is 0.329 e. The standard InChI is InChI=1S/C11H22N2/c1-8(2)13-11(7-12)6-9-3-4-10(11)5-9/h8-10,13H,3-7,12H2,1-2H3. The van der Waals surface area contributed by atoms with Crippen molar-refractivity contribution in [3.8, 4) is 0 Å². The van der Waals surface area contributed by atoms with Gasteiger partial charge in [-0.15, -0.1) is 0 Å². The first-order valence-electron chi connectivity index (χ1n) is 5.64. The Morgan fingerprint density at radius 3 is 2.62 bits per heavy atom. The highest BCUT2D eigenvalue weighted by atomic mass is 15.0. The monoisotopic (exact) mass is 182 g/mol. The van der Waals surface area contributed by atoms with Crippen LogP contribution in [0.1, 0.15) is 39.5 Å². The first-order chi connectivity index (χ1) is 6.16. The van der Waals surface area contributed by atoms with Crippen LogP contribution in [0.3, 0.4) is 0 Å². The molecule has 76 valence electrons. The molecule has 0 spiro atoms. The van der Waals surface area contributed by atoms with Gasteiger partial charge in [-0.2, -0.15) is 0 Å². The summed E-state index contributed by atoms with van der Waals surface area (Å²) in [4.78, 5) is 0. The van der Waals surface area contributed by atoms with Gasteiger partial charge in [0.15, 0.2) is 0 Å². The van der Waals surface area contributed by atoms with Gasteiger partial charge in [0, 0.05) is 18.1 Å². The van der Waals surface area contributed by atoms with Gasteiger partial charge in [-0.25, -0.2) is 0 Å². The lowest BCUT2D eigenvalue weighted by atomic mass is 9.80. The van der Waals surface area contributed by atoms with Crippen LogP contribution in [0.5, 0.6) is 0 Å². The van der Waals surface area contributed by atoms with Crippen LogP contribution in [0.2, 0.25) is 0 Å². The maximum Gasteiger partial charge on any atom is 0.0337 e. The second kappa shape index (κ2) is 3.25. The molecule has 3 atom stereocenters. The molecule has 2 saturated carbocycles. The van der Waals surface area contributed by atoms with Gasteiger partial charge in [-0.3, -0.25) is 0 Å². The van der Waals surface area contributed by atoms with Crippen molar-refractivity contribution in [3.05, 3.63) is 0 Å². The Balaban J connectivity index is 2.08. The van der Waals surface area contributed by atoms with E-state index in [1.54, 1.807) is 0 Å². The van der Waals surface area contributed by atoms with Crippen molar-refractivity contribution >= 4 is 0 Å². The highest BCUT2D eigenvalue weighted by molar-refractivity contribution is 5.07. The molecule has 3 unspecified atom stereocenters. The lowest BCUT2D eigenvalue weighted by Gasteiger charge is -2.39. The summed E-state index contributed by atoms with van der Waals surface area (Å²) >= 11 is 0. The first-order valence-corrected chi connectivity index (χ1v) is 5.64. The van der Waals surface area contributed by atoms with Crippen molar-refractivity contribution in [2.75, 3.05) is 6.54 Å². The van der Waals surface area contributed by atoms with E-state index in [1.165, 1.54) is 25.7 Å². The molecule has 0 aliphatic heterocycles. The van der Waals surface area contributed by atoms with Crippen molar-refractivity contribution in [1.82, 2.24) is 5.32 Å². The molecule has 0 aromatic carbocycles. The van der Waals surface area contributed by atoms with Gasteiger partial charge >= 0.3 is 0 Å². The zero-order valence-electron chi connectivity index (χ0n) is 8.84. The van der Waals surface area contributed by atoms with Gasteiger partial charge in [-0.05, 0) is 31.1 Å². The van der Waals surface area contributed by atoms with E-state index in [4.69, 9.17) is 5.73 Å². The number of nitrogens with two attached hydrogens (primary N) is 1. The second-order valence-electron chi connectivity index (χ2n) is 5.24. The maximum atomic E-state index is 5.94. The molecule has 0 radical (unpaired) electrons. The highest BCUT2D eigenvalue weighted by Crippen LogP contribution is 2.50. The molecule has 2 heteroatoms. The third kappa shape index (κ3) is 1.50. The Labute approximate surface area is 81.3 Å². The van der Waals surface area contributed by atoms with Gasteiger partial charge < -0.3 is 11.1 Å². The van der Waals surface area contributed by atoms with Crippen molar-refractivity contribution in [3.63, 3.8) is 0 Å².